The molecule has 0 heterocycles. The van der Waals surface area contributed by atoms with Crippen LogP contribution in [-0.2, 0) is 16.3 Å². The lowest BCUT2D eigenvalue weighted by molar-refractivity contribution is 0.510. The molecule has 0 saturated heterocycles. The fourth-order valence-electron chi connectivity index (χ4n) is 1.93. The standard InChI is InChI=1S/C14H23NO2S/c1-4-13(15-5-2)11-12-7-9-14(10-8-12)18(16,17)6-3/h7-10,13,15H,4-6,11H2,1-3H3. The van der Waals surface area contributed by atoms with Crippen LogP contribution >= 0.6 is 0 Å². The Labute approximate surface area is 111 Å². The molecular formula is C14H23NO2S. The first-order valence-corrected chi connectivity index (χ1v) is 8.23. The van der Waals surface area contributed by atoms with Crippen LogP contribution in [0.4, 0.5) is 0 Å². The van der Waals surface area contributed by atoms with E-state index in [9.17, 15) is 8.42 Å². The Morgan fingerprint density at radius 2 is 1.72 bits per heavy atom. The summed E-state index contributed by atoms with van der Waals surface area (Å²) in [5.41, 5.74) is 1.18. The van der Waals surface area contributed by atoms with E-state index >= 15 is 0 Å². The van der Waals surface area contributed by atoms with Gasteiger partial charge in [-0.15, -0.1) is 0 Å². The highest BCUT2D eigenvalue weighted by atomic mass is 32.2. The van der Waals surface area contributed by atoms with Crippen LogP contribution in [0.3, 0.4) is 0 Å². The van der Waals surface area contributed by atoms with Crippen LogP contribution in [0.1, 0.15) is 32.8 Å². The van der Waals surface area contributed by atoms with Gasteiger partial charge in [0.05, 0.1) is 10.6 Å². The zero-order chi connectivity index (χ0) is 13.6. The quantitative estimate of drug-likeness (QED) is 0.827. The molecular weight excluding hydrogens is 246 g/mol. The van der Waals surface area contributed by atoms with E-state index in [-0.39, 0.29) is 5.75 Å². The third-order valence-electron chi connectivity index (χ3n) is 3.13. The molecule has 1 atom stereocenters. The maximum atomic E-state index is 11.7. The number of benzene rings is 1. The Morgan fingerprint density at radius 3 is 2.17 bits per heavy atom. The Bertz CT molecular complexity index is 451. The van der Waals surface area contributed by atoms with Gasteiger partial charge < -0.3 is 5.32 Å². The zero-order valence-electron chi connectivity index (χ0n) is 11.4. The normalized spacial score (nSPS) is 13.5. The zero-order valence-corrected chi connectivity index (χ0v) is 12.3. The highest BCUT2D eigenvalue weighted by Gasteiger charge is 2.11. The van der Waals surface area contributed by atoms with Gasteiger partial charge in [0, 0.05) is 6.04 Å². The second kappa shape index (κ2) is 6.90. The number of nitrogens with one attached hydrogen (secondary N) is 1. The molecule has 0 fully saturated rings. The molecule has 0 amide bonds. The van der Waals surface area contributed by atoms with Gasteiger partial charge in [-0.2, -0.15) is 0 Å². The second-order valence-corrected chi connectivity index (χ2v) is 6.69. The van der Waals surface area contributed by atoms with Crippen LogP contribution in [0.5, 0.6) is 0 Å². The van der Waals surface area contributed by atoms with Crippen LogP contribution in [0, 0.1) is 0 Å². The second-order valence-electron chi connectivity index (χ2n) is 4.41. The number of likely N-dealkylation sites (N-methyl/N-ethyl adjacent to an activating group) is 1. The van der Waals surface area contributed by atoms with Crippen LogP contribution in [0.15, 0.2) is 29.2 Å². The summed E-state index contributed by atoms with van der Waals surface area (Å²) in [6.45, 7) is 6.88. The average Bonchev–Trinajstić information content (AvgIpc) is 2.39. The monoisotopic (exact) mass is 269 g/mol. The fourth-order valence-corrected chi connectivity index (χ4v) is 2.82. The molecule has 0 bridgehead atoms. The minimum absolute atomic E-state index is 0.154. The molecule has 4 heteroatoms. The molecule has 1 unspecified atom stereocenters. The summed E-state index contributed by atoms with van der Waals surface area (Å²) < 4.78 is 23.4. The summed E-state index contributed by atoms with van der Waals surface area (Å²) in [6, 6.07) is 7.73. The molecule has 0 aliphatic carbocycles. The predicted octanol–water partition coefficient (Wildman–Crippen LogP) is 2.41. The largest absolute Gasteiger partial charge is 0.314 e. The van der Waals surface area contributed by atoms with Gasteiger partial charge in [-0.05, 0) is 37.1 Å². The van der Waals surface area contributed by atoms with E-state index in [2.05, 4.69) is 19.2 Å². The number of sulfone groups is 1. The van der Waals surface area contributed by atoms with E-state index in [0.29, 0.717) is 10.9 Å². The molecule has 1 N–H and O–H groups in total. The van der Waals surface area contributed by atoms with Crippen molar-refractivity contribution in [2.45, 2.75) is 44.6 Å². The van der Waals surface area contributed by atoms with Crippen molar-refractivity contribution < 1.29 is 8.42 Å². The maximum absolute atomic E-state index is 11.7. The van der Waals surface area contributed by atoms with Crippen molar-refractivity contribution in [2.75, 3.05) is 12.3 Å². The van der Waals surface area contributed by atoms with Crippen molar-refractivity contribution in [3.8, 4) is 0 Å². The van der Waals surface area contributed by atoms with E-state index in [1.807, 2.05) is 12.1 Å². The lowest BCUT2D eigenvalue weighted by Crippen LogP contribution is -2.30. The van der Waals surface area contributed by atoms with Crippen LogP contribution in [-0.4, -0.2) is 26.8 Å². The molecule has 1 aromatic rings. The molecule has 102 valence electrons. The smallest absolute Gasteiger partial charge is 0.178 e. The lowest BCUT2D eigenvalue weighted by atomic mass is 10.0. The molecule has 0 aromatic heterocycles. The van der Waals surface area contributed by atoms with Gasteiger partial charge in [0.1, 0.15) is 0 Å². The van der Waals surface area contributed by atoms with Crippen molar-refractivity contribution in [1.82, 2.24) is 5.32 Å². The third-order valence-corrected chi connectivity index (χ3v) is 4.88. The molecule has 1 aromatic carbocycles. The fraction of sp³-hybridized carbons (Fsp3) is 0.571. The third kappa shape index (κ3) is 4.10. The molecule has 0 radical (unpaired) electrons. The Balaban J connectivity index is 2.77. The first kappa shape index (κ1) is 15.2. The molecule has 1 rings (SSSR count). The first-order valence-electron chi connectivity index (χ1n) is 6.58. The van der Waals surface area contributed by atoms with Gasteiger partial charge in [0.25, 0.3) is 0 Å². The number of hydrogen-bond acceptors (Lipinski definition) is 3. The highest BCUT2D eigenvalue weighted by Crippen LogP contribution is 2.14. The average molecular weight is 269 g/mol. The first-order chi connectivity index (χ1) is 8.53. The molecule has 3 nitrogen and oxygen atoms in total. The van der Waals surface area contributed by atoms with Gasteiger partial charge in [-0.1, -0.05) is 32.9 Å². The van der Waals surface area contributed by atoms with E-state index in [0.717, 1.165) is 19.4 Å². The van der Waals surface area contributed by atoms with E-state index < -0.39 is 9.84 Å². The van der Waals surface area contributed by atoms with E-state index in [1.165, 1.54) is 5.56 Å². The lowest BCUT2D eigenvalue weighted by Gasteiger charge is -2.15. The van der Waals surface area contributed by atoms with Gasteiger partial charge in [-0.25, -0.2) is 8.42 Å². The van der Waals surface area contributed by atoms with Gasteiger partial charge in [-0.3, -0.25) is 0 Å². The Morgan fingerprint density at radius 1 is 1.11 bits per heavy atom. The predicted molar refractivity (Wildman–Crippen MR) is 75.6 cm³/mol. The summed E-state index contributed by atoms with van der Waals surface area (Å²) in [5, 5.41) is 3.42. The minimum atomic E-state index is -3.07. The topological polar surface area (TPSA) is 46.2 Å². The van der Waals surface area contributed by atoms with Crippen molar-refractivity contribution >= 4 is 9.84 Å². The number of hydrogen-bond donors (Lipinski definition) is 1. The molecule has 18 heavy (non-hydrogen) atoms. The van der Waals surface area contributed by atoms with Crippen LogP contribution in [0.2, 0.25) is 0 Å². The molecule has 0 saturated carbocycles. The molecule has 0 aliphatic heterocycles. The van der Waals surface area contributed by atoms with Crippen molar-refractivity contribution in [3.63, 3.8) is 0 Å². The van der Waals surface area contributed by atoms with Crippen LogP contribution in [0.25, 0.3) is 0 Å². The molecule has 0 spiro atoms. The SMILES string of the molecule is CCNC(CC)Cc1ccc(S(=O)(=O)CC)cc1. The minimum Gasteiger partial charge on any atom is -0.314 e. The molecule has 0 aliphatic rings. The number of rotatable bonds is 7. The van der Waals surface area contributed by atoms with Gasteiger partial charge in [0.2, 0.25) is 0 Å². The highest BCUT2D eigenvalue weighted by molar-refractivity contribution is 7.91. The maximum Gasteiger partial charge on any atom is 0.178 e. The summed E-state index contributed by atoms with van der Waals surface area (Å²) >= 11 is 0. The van der Waals surface area contributed by atoms with Crippen molar-refractivity contribution in [3.05, 3.63) is 29.8 Å². The summed E-state index contributed by atoms with van der Waals surface area (Å²) in [5.74, 6) is 0.154. The summed E-state index contributed by atoms with van der Waals surface area (Å²) in [7, 11) is -3.07. The Kier molecular flexibility index (Phi) is 5.82. The van der Waals surface area contributed by atoms with Gasteiger partial charge in [0.15, 0.2) is 9.84 Å². The van der Waals surface area contributed by atoms with E-state index in [4.69, 9.17) is 0 Å². The van der Waals surface area contributed by atoms with Crippen LogP contribution < -0.4 is 5.32 Å². The van der Waals surface area contributed by atoms with Crippen molar-refractivity contribution in [2.24, 2.45) is 0 Å². The summed E-state index contributed by atoms with van der Waals surface area (Å²) in [4.78, 5) is 0.422. The van der Waals surface area contributed by atoms with Gasteiger partial charge >= 0.3 is 0 Å². The van der Waals surface area contributed by atoms with E-state index in [1.54, 1.807) is 19.1 Å². The Hall–Kier alpha value is -0.870. The summed E-state index contributed by atoms with van der Waals surface area (Å²) in [6.07, 6.45) is 2.01. The van der Waals surface area contributed by atoms with Crippen molar-refractivity contribution in [1.29, 1.82) is 0 Å².